The Morgan fingerprint density at radius 2 is 1.87 bits per heavy atom. The maximum atomic E-state index is 12.7. The third-order valence-electron chi connectivity index (χ3n) is 4.73. The van der Waals surface area contributed by atoms with Crippen molar-refractivity contribution in [3.8, 4) is 0 Å². The molecule has 0 unspecified atom stereocenters. The first-order valence-corrected chi connectivity index (χ1v) is 10.1. The summed E-state index contributed by atoms with van der Waals surface area (Å²) >= 11 is 0. The van der Waals surface area contributed by atoms with Gasteiger partial charge in [-0.3, -0.25) is 18.7 Å². The number of fused-ring (bicyclic) bond motifs is 1. The summed E-state index contributed by atoms with van der Waals surface area (Å²) < 4.78 is 4.24. The molecular weight excluding hydrogens is 386 g/mol. The summed E-state index contributed by atoms with van der Waals surface area (Å²) in [6, 6.07) is 5.34. The number of nitrogens with zero attached hydrogens (tertiary/aromatic N) is 5. The molecule has 30 heavy (non-hydrogen) atoms. The Balaban J connectivity index is 1.98. The maximum Gasteiger partial charge on any atom is 0.350 e. The van der Waals surface area contributed by atoms with E-state index in [0.717, 1.165) is 0 Å². The van der Waals surface area contributed by atoms with E-state index in [0.29, 0.717) is 25.3 Å². The van der Waals surface area contributed by atoms with Gasteiger partial charge in [0, 0.05) is 25.8 Å². The largest absolute Gasteiger partial charge is 0.383 e. The van der Waals surface area contributed by atoms with Crippen LogP contribution in [0.3, 0.4) is 0 Å². The molecule has 0 radical (unpaired) electrons. The van der Waals surface area contributed by atoms with E-state index in [4.69, 9.17) is 5.73 Å². The van der Waals surface area contributed by atoms with Crippen molar-refractivity contribution in [1.29, 1.82) is 0 Å². The molecule has 0 aliphatic carbocycles. The number of nitrogens with two attached hydrogens (primary N) is 1. The Morgan fingerprint density at radius 1 is 1.13 bits per heavy atom. The first kappa shape index (κ1) is 21.4. The molecule has 0 amide bonds. The molecule has 0 atom stereocenters. The van der Waals surface area contributed by atoms with Crippen molar-refractivity contribution in [3.05, 3.63) is 55.7 Å². The second kappa shape index (κ2) is 8.60. The van der Waals surface area contributed by atoms with Gasteiger partial charge in [0.25, 0.3) is 5.56 Å². The van der Waals surface area contributed by atoms with Gasteiger partial charge in [-0.2, -0.15) is 0 Å². The number of aromatic nitrogens is 5. The molecule has 0 bridgehead atoms. The van der Waals surface area contributed by atoms with Crippen LogP contribution >= 0.6 is 0 Å². The van der Waals surface area contributed by atoms with Crippen LogP contribution in [0.25, 0.3) is 5.65 Å². The molecule has 0 aromatic carbocycles. The second-order valence-corrected chi connectivity index (χ2v) is 8.27. The molecule has 10 nitrogen and oxygen atoms in total. The lowest BCUT2D eigenvalue weighted by atomic mass is 10.2. The molecule has 3 aromatic heterocycles. The van der Waals surface area contributed by atoms with Gasteiger partial charge in [-0.15, -0.1) is 5.10 Å². The highest BCUT2D eigenvalue weighted by Crippen LogP contribution is 2.19. The van der Waals surface area contributed by atoms with Gasteiger partial charge in [-0.05, 0) is 24.0 Å². The number of hydrogen-bond donors (Lipinski definition) is 2. The first-order valence-electron chi connectivity index (χ1n) is 10.1. The molecule has 0 spiro atoms. The van der Waals surface area contributed by atoms with Crippen LogP contribution in [0.15, 0.2) is 38.8 Å². The maximum absolute atomic E-state index is 12.7. The molecule has 0 aliphatic rings. The van der Waals surface area contributed by atoms with Gasteiger partial charge in [0.15, 0.2) is 5.65 Å². The molecular formula is C20H29N7O3. The van der Waals surface area contributed by atoms with E-state index >= 15 is 0 Å². The predicted molar refractivity (Wildman–Crippen MR) is 117 cm³/mol. The van der Waals surface area contributed by atoms with E-state index in [2.05, 4.69) is 10.1 Å². The Morgan fingerprint density at radius 3 is 2.50 bits per heavy atom. The van der Waals surface area contributed by atoms with Gasteiger partial charge in [0.05, 0.1) is 6.54 Å². The predicted octanol–water partition coefficient (Wildman–Crippen LogP) is 0.747. The van der Waals surface area contributed by atoms with Crippen LogP contribution in [0.5, 0.6) is 0 Å². The van der Waals surface area contributed by atoms with Crippen LogP contribution in [0, 0.1) is 11.8 Å². The van der Waals surface area contributed by atoms with Crippen molar-refractivity contribution in [2.45, 2.75) is 40.8 Å². The number of pyridine rings is 1. The molecule has 3 rings (SSSR count). The Kier molecular flexibility index (Phi) is 6.14. The molecule has 10 heteroatoms. The zero-order valence-electron chi connectivity index (χ0n) is 17.8. The average Bonchev–Trinajstić information content (AvgIpc) is 2.98. The van der Waals surface area contributed by atoms with Crippen molar-refractivity contribution >= 4 is 17.2 Å². The fraction of sp³-hybridized carbons (Fsp3) is 0.500. The Labute approximate surface area is 173 Å². The van der Waals surface area contributed by atoms with Crippen molar-refractivity contribution in [3.63, 3.8) is 0 Å². The second-order valence-electron chi connectivity index (χ2n) is 8.27. The number of hydrogen-bond acceptors (Lipinski definition) is 6. The molecule has 162 valence electrons. The zero-order valence-corrected chi connectivity index (χ0v) is 17.8. The van der Waals surface area contributed by atoms with Gasteiger partial charge in [-0.25, -0.2) is 14.3 Å². The van der Waals surface area contributed by atoms with Gasteiger partial charge in [0.2, 0.25) is 0 Å². The molecule has 3 N–H and O–H groups in total. The Hall–Kier alpha value is -3.30. The number of H-pyrrole nitrogens is 1. The minimum absolute atomic E-state index is 0.139. The van der Waals surface area contributed by atoms with Crippen LogP contribution < -0.4 is 27.6 Å². The summed E-state index contributed by atoms with van der Waals surface area (Å²) in [5.74, 6) is 0.548. The summed E-state index contributed by atoms with van der Waals surface area (Å²) in [4.78, 5) is 41.7. The third-order valence-corrected chi connectivity index (χ3v) is 4.73. The van der Waals surface area contributed by atoms with E-state index in [9.17, 15) is 14.4 Å². The normalized spacial score (nSPS) is 11.7. The monoisotopic (exact) mass is 415 g/mol. The fourth-order valence-electron chi connectivity index (χ4n) is 3.49. The van der Waals surface area contributed by atoms with Crippen molar-refractivity contribution in [2.24, 2.45) is 11.8 Å². The highest BCUT2D eigenvalue weighted by Gasteiger charge is 2.21. The molecule has 0 saturated carbocycles. The molecule has 0 saturated heterocycles. The quantitative estimate of drug-likeness (QED) is 0.559. The van der Waals surface area contributed by atoms with Crippen molar-refractivity contribution in [1.82, 2.24) is 23.7 Å². The summed E-state index contributed by atoms with van der Waals surface area (Å²) in [7, 11) is 0. The fourth-order valence-corrected chi connectivity index (χ4v) is 3.49. The Bertz CT molecular complexity index is 1200. The topological polar surface area (TPSA) is 123 Å². The number of nitrogen functional groups attached to an aromatic ring is 1. The van der Waals surface area contributed by atoms with Crippen LogP contribution in [-0.2, 0) is 13.1 Å². The summed E-state index contributed by atoms with van der Waals surface area (Å²) in [6.45, 7) is 9.55. The highest BCUT2D eigenvalue weighted by molar-refractivity contribution is 5.62. The number of anilines is 2. The molecule has 3 heterocycles. The molecule has 3 aromatic rings. The lowest BCUT2D eigenvalue weighted by Gasteiger charge is -2.27. The standard InChI is InChI=1S/C20H29N7O3/c1-13(2)11-24(9-10-27-20(30)25-8-6-5-7-15(25)23-27)16-17(21)26(12-14(3)4)19(29)22-18(16)28/h5-8,13-14H,9-12,21H2,1-4H3,(H,22,28,29). The number of rotatable bonds is 8. The van der Waals surface area contributed by atoms with E-state index in [-0.39, 0.29) is 35.6 Å². The van der Waals surface area contributed by atoms with Crippen molar-refractivity contribution < 1.29 is 0 Å². The summed E-state index contributed by atoms with van der Waals surface area (Å²) in [5, 5.41) is 4.34. The lowest BCUT2D eigenvalue weighted by Crippen LogP contribution is -2.42. The number of aromatic amines is 1. The first-order chi connectivity index (χ1) is 14.2. The third kappa shape index (κ3) is 4.32. The number of nitrogens with one attached hydrogen (secondary N) is 1. The smallest absolute Gasteiger partial charge is 0.350 e. The highest BCUT2D eigenvalue weighted by atomic mass is 16.2. The SMILES string of the molecule is CC(C)CN(CCn1nc2ccccn2c1=O)c1c(N)n(CC(C)C)c(=O)[nH]c1=O. The average molecular weight is 415 g/mol. The van der Waals surface area contributed by atoms with Crippen molar-refractivity contribution in [2.75, 3.05) is 23.7 Å². The zero-order chi connectivity index (χ0) is 22.0. The van der Waals surface area contributed by atoms with Crippen LogP contribution in [0.2, 0.25) is 0 Å². The van der Waals surface area contributed by atoms with Gasteiger partial charge >= 0.3 is 11.4 Å². The minimum Gasteiger partial charge on any atom is -0.383 e. The van der Waals surface area contributed by atoms with E-state index < -0.39 is 11.2 Å². The van der Waals surface area contributed by atoms with Gasteiger partial charge < -0.3 is 10.6 Å². The van der Waals surface area contributed by atoms with Crippen LogP contribution in [0.1, 0.15) is 27.7 Å². The van der Waals surface area contributed by atoms with Crippen LogP contribution in [0.4, 0.5) is 11.5 Å². The van der Waals surface area contributed by atoms with E-state index in [1.807, 2.05) is 38.7 Å². The summed E-state index contributed by atoms with van der Waals surface area (Å²) in [5.41, 5.74) is 5.80. The van der Waals surface area contributed by atoms with Gasteiger partial charge in [-0.1, -0.05) is 33.8 Å². The molecule has 0 aliphatic heterocycles. The van der Waals surface area contributed by atoms with E-state index in [1.54, 1.807) is 18.3 Å². The molecule has 0 fully saturated rings. The van der Waals surface area contributed by atoms with Gasteiger partial charge in [0.1, 0.15) is 11.5 Å². The summed E-state index contributed by atoms with van der Waals surface area (Å²) in [6.07, 6.45) is 1.66. The van der Waals surface area contributed by atoms with E-state index in [1.165, 1.54) is 13.6 Å². The van der Waals surface area contributed by atoms with Crippen LogP contribution in [-0.4, -0.2) is 36.8 Å². The lowest BCUT2D eigenvalue weighted by molar-refractivity contribution is 0.503. The minimum atomic E-state index is -0.527.